The first kappa shape index (κ1) is 14.5. The Morgan fingerprint density at radius 3 is 2.95 bits per heavy atom. The van der Waals surface area contributed by atoms with E-state index in [4.69, 9.17) is 5.73 Å². The lowest BCUT2D eigenvalue weighted by molar-refractivity contribution is 0.182. The minimum Gasteiger partial charge on any atom is -0.398 e. The Bertz CT molecular complexity index is 467. The SMILES string of the molecule is CN1CCCCC1CCS(=O)c1ccc(F)cc1N. The van der Waals surface area contributed by atoms with Crippen LogP contribution in [0.25, 0.3) is 0 Å². The number of hydrogen-bond acceptors (Lipinski definition) is 3. The molecule has 1 aliphatic heterocycles. The van der Waals surface area contributed by atoms with Crippen LogP contribution in [0.5, 0.6) is 0 Å². The van der Waals surface area contributed by atoms with Crippen molar-refractivity contribution >= 4 is 16.5 Å². The third kappa shape index (κ3) is 3.76. The van der Waals surface area contributed by atoms with E-state index in [1.807, 2.05) is 0 Å². The van der Waals surface area contributed by atoms with Crippen LogP contribution in [0.15, 0.2) is 23.1 Å². The van der Waals surface area contributed by atoms with Gasteiger partial charge in [-0.05, 0) is 51.1 Å². The van der Waals surface area contributed by atoms with Gasteiger partial charge in [0.05, 0.1) is 21.4 Å². The number of hydrogen-bond donors (Lipinski definition) is 1. The smallest absolute Gasteiger partial charge is 0.125 e. The van der Waals surface area contributed by atoms with Gasteiger partial charge in [-0.2, -0.15) is 0 Å². The van der Waals surface area contributed by atoms with Gasteiger partial charge in [-0.1, -0.05) is 6.42 Å². The maximum absolute atomic E-state index is 13.0. The summed E-state index contributed by atoms with van der Waals surface area (Å²) in [6, 6.07) is 4.60. The van der Waals surface area contributed by atoms with E-state index in [1.165, 1.54) is 37.5 Å². The summed E-state index contributed by atoms with van der Waals surface area (Å²) in [6.07, 6.45) is 4.58. The van der Waals surface area contributed by atoms with Crippen molar-refractivity contribution in [3.63, 3.8) is 0 Å². The molecule has 1 heterocycles. The zero-order valence-electron chi connectivity index (χ0n) is 11.3. The second-order valence-electron chi connectivity index (χ2n) is 5.15. The Kier molecular flexibility index (Phi) is 4.93. The number of anilines is 1. The zero-order valence-corrected chi connectivity index (χ0v) is 12.1. The number of rotatable bonds is 4. The molecule has 0 amide bonds. The molecule has 2 atom stereocenters. The molecule has 0 aromatic heterocycles. The normalized spacial score (nSPS) is 22.3. The summed E-state index contributed by atoms with van der Waals surface area (Å²) in [4.78, 5) is 2.90. The van der Waals surface area contributed by atoms with E-state index in [2.05, 4.69) is 11.9 Å². The minimum absolute atomic E-state index is 0.287. The summed E-state index contributed by atoms with van der Waals surface area (Å²) in [5.74, 6) is 0.204. The number of nitrogen functional groups attached to an aromatic ring is 1. The van der Waals surface area contributed by atoms with Gasteiger partial charge in [0, 0.05) is 11.8 Å². The molecule has 2 N–H and O–H groups in total. The number of halogens is 1. The Balaban J connectivity index is 1.93. The molecule has 2 rings (SSSR count). The van der Waals surface area contributed by atoms with E-state index in [0.29, 0.717) is 16.7 Å². The van der Waals surface area contributed by atoms with E-state index in [0.717, 1.165) is 13.0 Å². The van der Waals surface area contributed by atoms with Crippen LogP contribution >= 0.6 is 0 Å². The highest BCUT2D eigenvalue weighted by Crippen LogP contribution is 2.21. The van der Waals surface area contributed by atoms with Crippen LogP contribution in [-0.4, -0.2) is 34.5 Å². The van der Waals surface area contributed by atoms with Crippen LogP contribution in [-0.2, 0) is 10.8 Å². The molecule has 0 saturated carbocycles. The maximum atomic E-state index is 13.0. The third-order valence-corrected chi connectivity index (χ3v) is 5.24. The van der Waals surface area contributed by atoms with E-state index < -0.39 is 10.8 Å². The highest BCUT2D eigenvalue weighted by atomic mass is 32.2. The lowest BCUT2D eigenvalue weighted by Crippen LogP contribution is -2.37. The first-order chi connectivity index (χ1) is 9.08. The van der Waals surface area contributed by atoms with Crippen molar-refractivity contribution in [1.29, 1.82) is 0 Å². The summed E-state index contributed by atoms with van der Waals surface area (Å²) in [5.41, 5.74) is 6.00. The molecule has 1 aromatic carbocycles. The van der Waals surface area contributed by atoms with Crippen molar-refractivity contribution in [1.82, 2.24) is 4.90 Å². The standard InChI is InChI=1S/C14H21FN2OS/c1-17-8-3-2-4-12(17)7-9-19(18)14-6-5-11(15)10-13(14)16/h5-6,10,12H,2-4,7-9,16H2,1H3. The Morgan fingerprint density at radius 1 is 1.47 bits per heavy atom. The number of benzene rings is 1. The van der Waals surface area contributed by atoms with Gasteiger partial charge >= 0.3 is 0 Å². The van der Waals surface area contributed by atoms with Crippen molar-refractivity contribution in [2.45, 2.75) is 36.6 Å². The lowest BCUT2D eigenvalue weighted by Gasteiger charge is -2.32. The third-order valence-electron chi connectivity index (χ3n) is 3.78. The largest absolute Gasteiger partial charge is 0.398 e. The highest BCUT2D eigenvalue weighted by molar-refractivity contribution is 7.85. The second-order valence-corrected chi connectivity index (χ2v) is 6.69. The molecule has 0 spiro atoms. The molecule has 106 valence electrons. The molecule has 3 nitrogen and oxygen atoms in total. The lowest BCUT2D eigenvalue weighted by atomic mass is 10.0. The van der Waals surface area contributed by atoms with Crippen LogP contribution in [0.2, 0.25) is 0 Å². The zero-order chi connectivity index (χ0) is 13.8. The molecular formula is C14H21FN2OS. The molecule has 1 fully saturated rings. The highest BCUT2D eigenvalue weighted by Gasteiger charge is 2.20. The summed E-state index contributed by atoms with van der Waals surface area (Å²) < 4.78 is 25.2. The summed E-state index contributed by atoms with van der Waals surface area (Å²) in [6.45, 7) is 1.12. The van der Waals surface area contributed by atoms with E-state index in [1.54, 1.807) is 0 Å². The number of piperidine rings is 1. The topological polar surface area (TPSA) is 46.3 Å². The van der Waals surface area contributed by atoms with Crippen molar-refractivity contribution in [2.24, 2.45) is 0 Å². The maximum Gasteiger partial charge on any atom is 0.125 e. The fourth-order valence-corrected chi connectivity index (χ4v) is 3.84. The molecule has 0 radical (unpaired) electrons. The molecule has 1 aromatic rings. The van der Waals surface area contributed by atoms with Crippen molar-refractivity contribution < 1.29 is 8.60 Å². The first-order valence-electron chi connectivity index (χ1n) is 6.71. The Morgan fingerprint density at radius 2 is 2.26 bits per heavy atom. The fraction of sp³-hybridized carbons (Fsp3) is 0.571. The molecular weight excluding hydrogens is 263 g/mol. The number of nitrogens with two attached hydrogens (primary N) is 1. The molecule has 5 heteroatoms. The van der Waals surface area contributed by atoms with Crippen molar-refractivity contribution in [3.05, 3.63) is 24.0 Å². The fourth-order valence-electron chi connectivity index (χ4n) is 2.59. The second kappa shape index (κ2) is 6.48. The molecule has 0 aliphatic carbocycles. The predicted octanol–water partition coefficient (Wildman–Crippen LogP) is 2.39. The number of likely N-dealkylation sites (tertiary alicyclic amines) is 1. The van der Waals surface area contributed by atoms with E-state index in [9.17, 15) is 8.60 Å². The van der Waals surface area contributed by atoms with E-state index in [-0.39, 0.29) is 11.5 Å². The van der Waals surface area contributed by atoms with Gasteiger partial charge in [-0.25, -0.2) is 4.39 Å². The van der Waals surface area contributed by atoms with Crippen LogP contribution in [0.4, 0.5) is 10.1 Å². The Hall–Kier alpha value is -0.940. The Labute approximate surface area is 116 Å². The monoisotopic (exact) mass is 284 g/mol. The summed E-state index contributed by atoms with van der Waals surface area (Å²) in [5, 5.41) is 0. The predicted molar refractivity (Wildman–Crippen MR) is 77.0 cm³/mol. The van der Waals surface area contributed by atoms with Gasteiger partial charge in [0.25, 0.3) is 0 Å². The quantitative estimate of drug-likeness (QED) is 0.864. The van der Waals surface area contributed by atoms with Gasteiger partial charge in [0.2, 0.25) is 0 Å². The molecule has 1 saturated heterocycles. The summed E-state index contributed by atoms with van der Waals surface area (Å²) in [7, 11) is 0.986. The van der Waals surface area contributed by atoms with Gasteiger partial charge in [-0.3, -0.25) is 4.21 Å². The average molecular weight is 284 g/mol. The first-order valence-corrected chi connectivity index (χ1v) is 8.03. The average Bonchev–Trinajstić information content (AvgIpc) is 2.37. The van der Waals surface area contributed by atoms with Gasteiger partial charge in [0.15, 0.2) is 0 Å². The molecule has 19 heavy (non-hydrogen) atoms. The van der Waals surface area contributed by atoms with E-state index >= 15 is 0 Å². The number of nitrogens with zero attached hydrogens (tertiary/aromatic N) is 1. The van der Waals surface area contributed by atoms with Gasteiger partial charge < -0.3 is 10.6 Å². The van der Waals surface area contributed by atoms with Crippen LogP contribution < -0.4 is 5.73 Å². The van der Waals surface area contributed by atoms with Crippen molar-refractivity contribution in [3.8, 4) is 0 Å². The molecule has 0 bridgehead atoms. The molecule has 1 aliphatic rings. The summed E-state index contributed by atoms with van der Waals surface area (Å²) >= 11 is 0. The van der Waals surface area contributed by atoms with Crippen LogP contribution in [0.1, 0.15) is 25.7 Å². The minimum atomic E-state index is -1.14. The van der Waals surface area contributed by atoms with Crippen molar-refractivity contribution in [2.75, 3.05) is 25.1 Å². The van der Waals surface area contributed by atoms with Gasteiger partial charge in [-0.15, -0.1) is 0 Å². The van der Waals surface area contributed by atoms with Crippen LogP contribution in [0, 0.1) is 5.82 Å². The molecule has 2 unspecified atom stereocenters. The van der Waals surface area contributed by atoms with Crippen LogP contribution in [0.3, 0.4) is 0 Å². The van der Waals surface area contributed by atoms with Gasteiger partial charge in [0.1, 0.15) is 5.82 Å².